The molecule has 1 fully saturated rings. The summed E-state index contributed by atoms with van der Waals surface area (Å²) >= 11 is 6.11. The van der Waals surface area contributed by atoms with Gasteiger partial charge in [-0.2, -0.15) is 0 Å². The van der Waals surface area contributed by atoms with E-state index in [1.54, 1.807) is 6.20 Å². The van der Waals surface area contributed by atoms with Gasteiger partial charge in [-0.15, -0.1) is 0 Å². The highest BCUT2D eigenvalue weighted by Gasteiger charge is 2.31. The molecule has 1 heterocycles. The fourth-order valence-corrected chi connectivity index (χ4v) is 1.79. The lowest BCUT2D eigenvalue weighted by molar-refractivity contribution is 0.787. The van der Waals surface area contributed by atoms with Crippen molar-refractivity contribution in [2.75, 3.05) is 11.9 Å². The van der Waals surface area contributed by atoms with Crippen molar-refractivity contribution in [3.8, 4) is 0 Å². The van der Waals surface area contributed by atoms with Crippen LogP contribution in [0.3, 0.4) is 0 Å². The summed E-state index contributed by atoms with van der Waals surface area (Å²) in [5.41, 5.74) is 1.90. The van der Waals surface area contributed by atoms with Gasteiger partial charge in [0.25, 0.3) is 0 Å². The van der Waals surface area contributed by atoms with Crippen molar-refractivity contribution < 1.29 is 0 Å². The molecule has 3 heteroatoms. The molecular weight excluding hydrogens is 196 g/mol. The van der Waals surface area contributed by atoms with Crippen LogP contribution in [-0.2, 0) is 0 Å². The van der Waals surface area contributed by atoms with E-state index in [-0.39, 0.29) is 0 Å². The molecule has 1 aromatic heterocycles. The molecule has 0 aromatic carbocycles. The van der Waals surface area contributed by atoms with Gasteiger partial charge in [0.1, 0.15) is 0 Å². The predicted octanol–water partition coefficient (Wildman–Crippen LogP) is 3.11. The van der Waals surface area contributed by atoms with E-state index in [2.05, 4.69) is 17.2 Å². The highest BCUT2D eigenvalue weighted by Crippen LogP contribution is 2.38. The third-order valence-corrected chi connectivity index (χ3v) is 3.37. The number of halogens is 1. The summed E-state index contributed by atoms with van der Waals surface area (Å²) in [7, 11) is 0. The molecule has 0 saturated heterocycles. The van der Waals surface area contributed by atoms with Crippen molar-refractivity contribution in [2.24, 2.45) is 11.8 Å². The first-order valence-electron chi connectivity index (χ1n) is 5.03. The van der Waals surface area contributed by atoms with Crippen LogP contribution >= 0.6 is 11.6 Å². The summed E-state index contributed by atoms with van der Waals surface area (Å²) in [6, 6.07) is 1.93. The Morgan fingerprint density at radius 3 is 3.00 bits per heavy atom. The number of pyridine rings is 1. The third kappa shape index (κ3) is 2.01. The lowest BCUT2D eigenvalue weighted by Gasteiger charge is -2.08. The normalized spacial score (nSPS) is 24.8. The highest BCUT2D eigenvalue weighted by molar-refractivity contribution is 6.33. The average Bonchev–Trinajstić information content (AvgIpc) is 2.85. The molecule has 14 heavy (non-hydrogen) atoms. The van der Waals surface area contributed by atoms with E-state index in [1.165, 1.54) is 6.42 Å². The van der Waals surface area contributed by atoms with Gasteiger partial charge in [-0.25, -0.2) is 0 Å². The Bertz CT molecular complexity index is 338. The fourth-order valence-electron chi connectivity index (χ4n) is 1.61. The number of aromatic nitrogens is 1. The molecule has 0 bridgehead atoms. The van der Waals surface area contributed by atoms with E-state index < -0.39 is 0 Å². The molecule has 2 nitrogen and oxygen atoms in total. The maximum absolute atomic E-state index is 6.11. The van der Waals surface area contributed by atoms with Crippen LogP contribution in [-0.4, -0.2) is 11.5 Å². The molecular formula is C11H15ClN2. The number of anilines is 1. The third-order valence-electron chi connectivity index (χ3n) is 2.89. The molecule has 1 aromatic rings. The molecule has 1 saturated carbocycles. The zero-order chi connectivity index (χ0) is 10.1. The van der Waals surface area contributed by atoms with Gasteiger partial charge in [0.15, 0.2) is 0 Å². The van der Waals surface area contributed by atoms with E-state index in [0.29, 0.717) is 0 Å². The van der Waals surface area contributed by atoms with E-state index >= 15 is 0 Å². The molecule has 2 rings (SSSR count). The van der Waals surface area contributed by atoms with Gasteiger partial charge in [0.05, 0.1) is 16.4 Å². The molecule has 1 N–H and O–H groups in total. The first kappa shape index (κ1) is 9.78. The van der Waals surface area contributed by atoms with Crippen LogP contribution < -0.4 is 5.32 Å². The zero-order valence-corrected chi connectivity index (χ0v) is 9.30. The Balaban J connectivity index is 1.98. The number of hydrogen-bond acceptors (Lipinski definition) is 2. The molecule has 0 amide bonds. The highest BCUT2D eigenvalue weighted by atomic mass is 35.5. The number of rotatable bonds is 3. The summed E-state index contributed by atoms with van der Waals surface area (Å²) in [5, 5.41) is 4.12. The summed E-state index contributed by atoms with van der Waals surface area (Å²) in [6.45, 7) is 5.24. The molecule has 0 radical (unpaired) electrons. The second-order valence-electron chi connectivity index (χ2n) is 4.11. The number of nitrogens with one attached hydrogen (secondary N) is 1. The Labute approximate surface area is 89.7 Å². The van der Waals surface area contributed by atoms with Crippen molar-refractivity contribution in [2.45, 2.75) is 20.3 Å². The van der Waals surface area contributed by atoms with Gasteiger partial charge in [0.2, 0.25) is 0 Å². The van der Waals surface area contributed by atoms with Gasteiger partial charge in [-0.05, 0) is 31.2 Å². The van der Waals surface area contributed by atoms with Crippen LogP contribution in [0, 0.1) is 18.8 Å². The summed E-state index contributed by atoms with van der Waals surface area (Å²) < 4.78 is 0. The molecule has 1 aliphatic carbocycles. The largest absolute Gasteiger partial charge is 0.383 e. The minimum atomic E-state index is 0.751. The maximum Gasteiger partial charge on any atom is 0.0849 e. The number of hydrogen-bond donors (Lipinski definition) is 1. The minimum absolute atomic E-state index is 0.751. The van der Waals surface area contributed by atoms with Crippen LogP contribution in [0.25, 0.3) is 0 Å². The van der Waals surface area contributed by atoms with Crippen LogP contribution in [0.1, 0.15) is 19.0 Å². The quantitative estimate of drug-likeness (QED) is 0.830. The lowest BCUT2D eigenvalue weighted by atomic mass is 10.3. The van der Waals surface area contributed by atoms with E-state index in [1.807, 2.05) is 13.0 Å². The predicted molar refractivity (Wildman–Crippen MR) is 59.7 cm³/mol. The first-order valence-corrected chi connectivity index (χ1v) is 5.41. The SMILES string of the molecule is Cc1nccc(NCC2CC2C)c1Cl. The summed E-state index contributed by atoms with van der Waals surface area (Å²) in [4.78, 5) is 4.13. The van der Waals surface area contributed by atoms with E-state index in [4.69, 9.17) is 11.6 Å². The minimum Gasteiger partial charge on any atom is -0.383 e. The van der Waals surface area contributed by atoms with Crippen LogP contribution in [0.5, 0.6) is 0 Å². The Morgan fingerprint density at radius 1 is 1.64 bits per heavy atom. The lowest BCUT2D eigenvalue weighted by Crippen LogP contribution is -2.05. The van der Waals surface area contributed by atoms with Crippen molar-refractivity contribution in [3.63, 3.8) is 0 Å². The van der Waals surface area contributed by atoms with Gasteiger partial charge in [-0.3, -0.25) is 4.98 Å². The van der Waals surface area contributed by atoms with Gasteiger partial charge >= 0.3 is 0 Å². The average molecular weight is 211 g/mol. The van der Waals surface area contributed by atoms with Crippen molar-refractivity contribution in [1.82, 2.24) is 4.98 Å². The molecule has 0 aliphatic heterocycles. The number of aryl methyl sites for hydroxylation is 1. The smallest absolute Gasteiger partial charge is 0.0849 e. The number of nitrogens with zero attached hydrogens (tertiary/aromatic N) is 1. The van der Waals surface area contributed by atoms with Crippen LogP contribution in [0.15, 0.2) is 12.3 Å². The second kappa shape index (κ2) is 3.77. The summed E-state index contributed by atoms with van der Waals surface area (Å²) in [6.07, 6.45) is 3.13. The Hall–Kier alpha value is -0.760. The van der Waals surface area contributed by atoms with E-state index in [9.17, 15) is 0 Å². The second-order valence-corrected chi connectivity index (χ2v) is 4.49. The van der Waals surface area contributed by atoms with Gasteiger partial charge < -0.3 is 5.32 Å². The molecule has 0 spiro atoms. The van der Waals surface area contributed by atoms with Crippen molar-refractivity contribution in [3.05, 3.63) is 23.0 Å². The summed E-state index contributed by atoms with van der Waals surface area (Å²) in [5.74, 6) is 1.71. The standard InChI is InChI=1S/C11H15ClN2/c1-7-5-9(7)6-14-10-3-4-13-8(2)11(10)12/h3-4,7,9H,5-6H2,1-2H3,(H,13,14). The zero-order valence-electron chi connectivity index (χ0n) is 8.55. The van der Waals surface area contributed by atoms with Crippen LogP contribution in [0.2, 0.25) is 5.02 Å². The fraction of sp³-hybridized carbons (Fsp3) is 0.545. The molecule has 1 aliphatic rings. The van der Waals surface area contributed by atoms with E-state index in [0.717, 1.165) is 34.8 Å². The van der Waals surface area contributed by atoms with Gasteiger partial charge in [0, 0.05) is 12.7 Å². The topological polar surface area (TPSA) is 24.9 Å². The molecule has 2 unspecified atom stereocenters. The monoisotopic (exact) mass is 210 g/mol. The van der Waals surface area contributed by atoms with Gasteiger partial charge in [-0.1, -0.05) is 18.5 Å². The Kier molecular flexibility index (Phi) is 2.64. The molecule has 76 valence electrons. The van der Waals surface area contributed by atoms with Crippen molar-refractivity contribution in [1.29, 1.82) is 0 Å². The molecule has 2 atom stereocenters. The van der Waals surface area contributed by atoms with Crippen LogP contribution in [0.4, 0.5) is 5.69 Å². The maximum atomic E-state index is 6.11. The Morgan fingerprint density at radius 2 is 2.36 bits per heavy atom. The van der Waals surface area contributed by atoms with Crippen molar-refractivity contribution >= 4 is 17.3 Å². The first-order chi connectivity index (χ1) is 6.68.